The van der Waals surface area contributed by atoms with Crippen LogP contribution < -0.4 is 65.1 Å². The van der Waals surface area contributed by atoms with Gasteiger partial charge in [0.1, 0.15) is 48.3 Å². The molecule has 0 saturated carbocycles. The van der Waals surface area contributed by atoms with Gasteiger partial charge in [0.2, 0.25) is 53.2 Å². The summed E-state index contributed by atoms with van der Waals surface area (Å²) in [4.78, 5) is 123. The highest BCUT2D eigenvalue weighted by Crippen LogP contribution is 2.11. The third-order valence-corrected chi connectivity index (χ3v) is 10.5. The van der Waals surface area contributed by atoms with Crippen LogP contribution in [0.1, 0.15) is 91.5 Å². The van der Waals surface area contributed by atoms with Crippen LogP contribution in [0.15, 0.2) is 30.3 Å². The molecule has 1 aliphatic heterocycles. The Balaban J connectivity index is 2.73. The van der Waals surface area contributed by atoms with E-state index in [0.29, 0.717) is 18.4 Å². The van der Waals surface area contributed by atoms with Crippen molar-refractivity contribution in [3.63, 3.8) is 0 Å². The SMILES string of the molecule is CCCC[C@H](NC(C)=O)C(=O)N[C@H]1CCNC(=O)[C@H]([C@@H](C)O)NC(=O)[C@H](CCN)NC(=O)[C@H](CCN)NC(=O)[C@H](CC(C)C)NC(=O)[C@@H](Cc2ccccc2)NC(=O)[C@H](CCN)NC1=O. The first-order valence-corrected chi connectivity index (χ1v) is 22.3. The van der Waals surface area contributed by atoms with E-state index < -0.39 is 108 Å². The highest BCUT2D eigenvalue weighted by molar-refractivity contribution is 5.98. The Labute approximate surface area is 380 Å². The smallest absolute Gasteiger partial charge is 0.245 e. The highest BCUT2D eigenvalue weighted by Gasteiger charge is 2.36. The topological polar surface area (TPSA) is 360 Å². The van der Waals surface area contributed by atoms with Crippen LogP contribution in [0, 0.1) is 5.92 Å². The van der Waals surface area contributed by atoms with Crippen molar-refractivity contribution in [2.75, 3.05) is 26.2 Å². The summed E-state index contributed by atoms with van der Waals surface area (Å²) >= 11 is 0. The molecule has 65 heavy (non-hydrogen) atoms. The summed E-state index contributed by atoms with van der Waals surface area (Å²) in [5.41, 5.74) is 18.2. The number of nitrogens with one attached hydrogen (secondary N) is 9. The van der Waals surface area contributed by atoms with Crippen molar-refractivity contribution >= 4 is 53.2 Å². The lowest BCUT2D eigenvalue weighted by atomic mass is 10.00. The molecule has 1 fully saturated rings. The van der Waals surface area contributed by atoms with E-state index in [2.05, 4.69) is 47.9 Å². The molecule has 0 radical (unpaired) electrons. The quantitative estimate of drug-likeness (QED) is 0.0717. The molecular formula is C43H72N12O10. The molecule has 9 atom stereocenters. The first-order chi connectivity index (χ1) is 30.8. The molecule has 22 nitrogen and oxygen atoms in total. The number of aliphatic hydroxyl groups is 1. The van der Waals surface area contributed by atoms with Gasteiger partial charge in [-0.3, -0.25) is 43.2 Å². The Kier molecular flexibility index (Phi) is 24.7. The summed E-state index contributed by atoms with van der Waals surface area (Å²) in [5.74, 6) is -7.17. The number of benzene rings is 1. The van der Waals surface area contributed by atoms with Crippen molar-refractivity contribution in [2.45, 2.75) is 147 Å². The highest BCUT2D eigenvalue weighted by atomic mass is 16.3. The molecule has 0 unspecified atom stereocenters. The number of rotatable bonds is 17. The Morgan fingerprint density at radius 3 is 1.66 bits per heavy atom. The fraction of sp³-hybridized carbons (Fsp3) is 0.651. The Morgan fingerprint density at radius 2 is 1.17 bits per heavy atom. The third kappa shape index (κ3) is 19.5. The molecule has 0 bridgehead atoms. The van der Waals surface area contributed by atoms with Gasteiger partial charge >= 0.3 is 0 Å². The van der Waals surface area contributed by atoms with Crippen molar-refractivity contribution in [1.29, 1.82) is 0 Å². The third-order valence-electron chi connectivity index (χ3n) is 10.5. The molecule has 1 aromatic rings. The van der Waals surface area contributed by atoms with Gasteiger partial charge in [-0.25, -0.2) is 0 Å². The predicted molar refractivity (Wildman–Crippen MR) is 241 cm³/mol. The van der Waals surface area contributed by atoms with Crippen LogP contribution in [-0.2, 0) is 49.6 Å². The van der Waals surface area contributed by atoms with Gasteiger partial charge in [0, 0.05) is 19.9 Å². The minimum Gasteiger partial charge on any atom is -0.391 e. The number of amides is 9. The first kappa shape index (κ1) is 55.4. The van der Waals surface area contributed by atoms with Gasteiger partial charge in [-0.15, -0.1) is 0 Å². The Morgan fingerprint density at radius 1 is 0.692 bits per heavy atom. The molecule has 1 saturated heterocycles. The van der Waals surface area contributed by atoms with E-state index in [1.807, 2.05) is 20.8 Å². The van der Waals surface area contributed by atoms with E-state index >= 15 is 0 Å². The molecule has 9 amide bonds. The molecule has 1 aromatic carbocycles. The van der Waals surface area contributed by atoms with Gasteiger partial charge in [0.15, 0.2) is 0 Å². The van der Waals surface area contributed by atoms with E-state index in [-0.39, 0.29) is 77.0 Å². The minimum atomic E-state index is -1.58. The van der Waals surface area contributed by atoms with Gasteiger partial charge in [0.05, 0.1) is 6.10 Å². The molecule has 2 rings (SSSR count). The maximum absolute atomic E-state index is 14.2. The molecular weight excluding hydrogens is 845 g/mol. The summed E-state index contributed by atoms with van der Waals surface area (Å²) < 4.78 is 0. The number of unbranched alkanes of at least 4 members (excludes halogenated alkanes) is 1. The second-order valence-corrected chi connectivity index (χ2v) is 16.6. The van der Waals surface area contributed by atoms with Crippen LogP contribution in [0.5, 0.6) is 0 Å². The average Bonchev–Trinajstić information content (AvgIpc) is 3.24. The van der Waals surface area contributed by atoms with Gasteiger partial charge in [-0.1, -0.05) is 63.9 Å². The minimum absolute atomic E-state index is 0.0470. The Bertz CT molecular complexity index is 1750. The largest absolute Gasteiger partial charge is 0.391 e. The number of hydrogen-bond donors (Lipinski definition) is 13. The number of carbonyl (C=O) groups is 9. The van der Waals surface area contributed by atoms with E-state index in [1.54, 1.807) is 30.3 Å². The lowest BCUT2D eigenvalue weighted by molar-refractivity contribution is -0.136. The van der Waals surface area contributed by atoms with Crippen molar-refractivity contribution in [2.24, 2.45) is 23.1 Å². The molecule has 364 valence electrons. The van der Waals surface area contributed by atoms with Crippen molar-refractivity contribution < 1.29 is 48.3 Å². The molecule has 1 heterocycles. The lowest BCUT2D eigenvalue weighted by Crippen LogP contribution is -2.61. The molecule has 0 spiro atoms. The zero-order valence-electron chi connectivity index (χ0n) is 38.2. The van der Waals surface area contributed by atoms with Crippen LogP contribution in [0.4, 0.5) is 0 Å². The van der Waals surface area contributed by atoms with Gasteiger partial charge in [0.25, 0.3) is 0 Å². The number of hydrogen-bond acceptors (Lipinski definition) is 13. The maximum Gasteiger partial charge on any atom is 0.245 e. The summed E-state index contributed by atoms with van der Waals surface area (Å²) in [6.45, 7) is 7.43. The number of nitrogens with two attached hydrogens (primary N) is 3. The standard InChI is InChI=1S/C43H72N12O10/c1-6-7-13-28(48-26(5)57)36(58)52-32-17-21-47-43(65)35(25(4)56)55-40(62)31(16-20-46)50-37(59)29(14-18-44)51-41(63)33(22-24(2)3)53-42(64)34(23-27-11-9-8-10-12-27)54-38(60)30(15-19-45)49-39(32)61/h8-12,24-25,28-35,56H,6-7,13-23,44-46H2,1-5H3,(H,47,65)(H,48,57)(H,49,61)(H,50,59)(H,51,63)(H,52,58)(H,53,64)(H,54,60)(H,55,62)/t25-,28+,29+,30+,31+,32+,33+,34-,35+/m1/s1. The first-order valence-electron chi connectivity index (χ1n) is 22.3. The summed E-state index contributed by atoms with van der Waals surface area (Å²) in [6, 6.07) is -1.86. The van der Waals surface area contributed by atoms with Crippen molar-refractivity contribution in [1.82, 2.24) is 47.9 Å². The molecule has 0 aromatic heterocycles. The van der Waals surface area contributed by atoms with Crippen LogP contribution in [0.2, 0.25) is 0 Å². The van der Waals surface area contributed by atoms with Gasteiger partial charge in [-0.2, -0.15) is 0 Å². The van der Waals surface area contributed by atoms with Crippen LogP contribution in [0.3, 0.4) is 0 Å². The number of carbonyl (C=O) groups excluding carboxylic acids is 9. The fourth-order valence-electron chi connectivity index (χ4n) is 7.00. The maximum atomic E-state index is 14.2. The normalized spacial score (nSPS) is 24.5. The second kappa shape index (κ2) is 29.0. The molecule has 1 aliphatic rings. The van der Waals surface area contributed by atoms with Crippen molar-refractivity contribution in [3.05, 3.63) is 35.9 Å². The lowest BCUT2D eigenvalue weighted by Gasteiger charge is -2.28. The van der Waals surface area contributed by atoms with E-state index in [4.69, 9.17) is 17.2 Å². The zero-order chi connectivity index (χ0) is 48.6. The van der Waals surface area contributed by atoms with E-state index in [0.717, 1.165) is 0 Å². The Hall–Kier alpha value is -5.71. The number of aliphatic hydroxyl groups excluding tert-OH is 1. The fourth-order valence-corrected chi connectivity index (χ4v) is 7.00. The van der Waals surface area contributed by atoms with Crippen LogP contribution in [-0.4, -0.2) is 139 Å². The van der Waals surface area contributed by atoms with Crippen molar-refractivity contribution in [3.8, 4) is 0 Å². The van der Waals surface area contributed by atoms with Gasteiger partial charge < -0.3 is 70.2 Å². The molecule has 22 heteroatoms. The zero-order valence-corrected chi connectivity index (χ0v) is 38.2. The van der Waals surface area contributed by atoms with E-state index in [1.165, 1.54) is 13.8 Å². The molecule has 16 N–H and O–H groups in total. The van der Waals surface area contributed by atoms with Crippen LogP contribution >= 0.6 is 0 Å². The molecule has 0 aliphatic carbocycles. The summed E-state index contributed by atoms with van der Waals surface area (Å²) in [5, 5.41) is 34.0. The van der Waals surface area contributed by atoms with E-state index in [9.17, 15) is 48.3 Å². The summed E-state index contributed by atoms with van der Waals surface area (Å²) in [6.07, 6.45) is -0.533. The average molecular weight is 917 g/mol. The monoisotopic (exact) mass is 917 g/mol. The van der Waals surface area contributed by atoms with Crippen LogP contribution in [0.25, 0.3) is 0 Å². The summed E-state index contributed by atoms with van der Waals surface area (Å²) in [7, 11) is 0. The predicted octanol–water partition coefficient (Wildman–Crippen LogP) is -3.69. The second-order valence-electron chi connectivity index (χ2n) is 16.6. The van der Waals surface area contributed by atoms with Gasteiger partial charge in [-0.05, 0) is 76.6 Å².